The van der Waals surface area contributed by atoms with Crippen LogP contribution in [0, 0.1) is 0 Å². The number of carbonyl (C=O) groups excluding carboxylic acids is 2. The molecule has 0 aromatic heterocycles. The number of imide groups is 1. The van der Waals surface area contributed by atoms with Gasteiger partial charge in [-0.05, 0) is 19.1 Å². The van der Waals surface area contributed by atoms with Gasteiger partial charge in [0.2, 0.25) is 11.8 Å². The van der Waals surface area contributed by atoms with E-state index in [4.69, 9.17) is 5.73 Å². The number of likely N-dealkylation sites (tertiary alicyclic amines) is 1. The van der Waals surface area contributed by atoms with Crippen molar-refractivity contribution in [3.05, 3.63) is 0 Å². The smallest absolute Gasteiger partial charge is 0.229 e. The van der Waals surface area contributed by atoms with E-state index in [0.717, 1.165) is 17.9 Å². The maximum Gasteiger partial charge on any atom is 0.229 e. The Kier molecular flexibility index (Phi) is 5.11. The molecule has 0 saturated carbocycles. The lowest BCUT2D eigenvalue weighted by Gasteiger charge is -2.13. The largest absolute Gasteiger partial charge is 0.328 e. The molecule has 1 saturated heterocycles. The summed E-state index contributed by atoms with van der Waals surface area (Å²) in [4.78, 5) is 23.8. The van der Waals surface area contributed by atoms with Crippen LogP contribution in [-0.4, -0.2) is 40.8 Å². The van der Waals surface area contributed by atoms with Crippen LogP contribution in [0.1, 0.15) is 26.2 Å². The monoisotopic (exact) mass is 230 g/mol. The van der Waals surface area contributed by atoms with Gasteiger partial charge in [-0.1, -0.05) is 0 Å². The van der Waals surface area contributed by atoms with E-state index in [1.54, 1.807) is 11.8 Å². The molecule has 2 N–H and O–H groups in total. The normalized spacial score (nSPS) is 18.7. The number of hydrogen-bond acceptors (Lipinski definition) is 4. The molecule has 1 heterocycles. The Hall–Kier alpha value is -0.550. The van der Waals surface area contributed by atoms with Crippen LogP contribution < -0.4 is 5.73 Å². The zero-order chi connectivity index (χ0) is 11.3. The van der Waals surface area contributed by atoms with E-state index in [1.807, 2.05) is 6.92 Å². The van der Waals surface area contributed by atoms with Crippen molar-refractivity contribution in [3.63, 3.8) is 0 Å². The Morgan fingerprint density at radius 3 is 2.47 bits per heavy atom. The molecule has 0 aromatic rings. The lowest BCUT2D eigenvalue weighted by Crippen LogP contribution is -2.31. The first-order valence-electron chi connectivity index (χ1n) is 5.28. The second-order valence-corrected chi connectivity index (χ2v) is 5.04. The number of amides is 2. The first-order valence-corrected chi connectivity index (χ1v) is 6.43. The number of hydrogen-bond donors (Lipinski definition) is 1. The molecule has 0 bridgehead atoms. The summed E-state index contributed by atoms with van der Waals surface area (Å²) in [6.07, 6.45) is 1.76. The third kappa shape index (κ3) is 4.22. The highest BCUT2D eigenvalue weighted by atomic mass is 32.2. The summed E-state index contributed by atoms with van der Waals surface area (Å²) in [6.45, 7) is 2.54. The Morgan fingerprint density at radius 1 is 1.33 bits per heavy atom. The molecular formula is C10H18N2O2S. The number of carbonyl (C=O) groups is 2. The van der Waals surface area contributed by atoms with Gasteiger partial charge in [-0.15, -0.1) is 0 Å². The molecule has 1 unspecified atom stereocenters. The molecule has 0 radical (unpaired) electrons. The summed E-state index contributed by atoms with van der Waals surface area (Å²) in [5.74, 6) is 1.78. The lowest BCUT2D eigenvalue weighted by atomic mass is 10.3. The van der Waals surface area contributed by atoms with Crippen molar-refractivity contribution in [1.82, 2.24) is 4.90 Å². The average molecular weight is 230 g/mol. The summed E-state index contributed by atoms with van der Waals surface area (Å²) in [6, 6.07) is 0.229. The van der Waals surface area contributed by atoms with E-state index >= 15 is 0 Å². The molecule has 86 valence electrons. The van der Waals surface area contributed by atoms with Gasteiger partial charge < -0.3 is 5.73 Å². The maximum atomic E-state index is 11.2. The summed E-state index contributed by atoms with van der Waals surface area (Å²) in [7, 11) is 0. The third-order valence-corrected chi connectivity index (χ3v) is 3.33. The van der Waals surface area contributed by atoms with Crippen molar-refractivity contribution in [3.8, 4) is 0 Å². The fourth-order valence-corrected chi connectivity index (χ4v) is 2.45. The summed E-state index contributed by atoms with van der Waals surface area (Å²) in [5.41, 5.74) is 5.61. The van der Waals surface area contributed by atoms with Crippen LogP contribution in [0.2, 0.25) is 0 Å². The van der Waals surface area contributed by atoms with Gasteiger partial charge in [0.25, 0.3) is 0 Å². The van der Waals surface area contributed by atoms with Gasteiger partial charge in [0, 0.05) is 31.2 Å². The van der Waals surface area contributed by atoms with Crippen LogP contribution in [0.5, 0.6) is 0 Å². The fourth-order valence-electron chi connectivity index (χ4n) is 1.40. The maximum absolute atomic E-state index is 11.2. The summed E-state index contributed by atoms with van der Waals surface area (Å²) in [5, 5.41) is 0. The van der Waals surface area contributed by atoms with E-state index in [-0.39, 0.29) is 17.9 Å². The molecule has 2 amide bonds. The van der Waals surface area contributed by atoms with Gasteiger partial charge in [0.15, 0.2) is 0 Å². The standard InChI is InChI=1S/C10H18N2O2S/c1-8(11)4-6-15-7-5-12-9(13)2-3-10(12)14/h8H,2-7,11H2,1H3. The van der Waals surface area contributed by atoms with Crippen molar-refractivity contribution < 1.29 is 9.59 Å². The van der Waals surface area contributed by atoms with Crippen molar-refractivity contribution in [2.24, 2.45) is 5.73 Å². The van der Waals surface area contributed by atoms with E-state index in [2.05, 4.69) is 0 Å². The third-order valence-electron chi connectivity index (χ3n) is 2.33. The van der Waals surface area contributed by atoms with Gasteiger partial charge in [-0.3, -0.25) is 14.5 Å². The Labute approximate surface area is 94.6 Å². The quantitative estimate of drug-likeness (QED) is 0.536. The molecule has 0 aliphatic carbocycles. The van der Waals surface area contributed by atoms with Crippen LogP contribution in [0.3, 0.4) is 0 Å². The number of nitrogens with two attached hydrogens (primary N) is 1. The number of nitrogens with zero attached hydrogens (tertiary/aromatic N) is 1. The summed E-state index contributed by atoms with van der Waals surface area (Å²) < 4.78 is 0. The SMILES string of the molecule is CC(N)CCSCCN1C(=O)CCC1=O. The van der Waals surface area contributed by atoms with Crippen LogP contribution in [0.15, 0.2) is 0 Å². The van der Waals surface area contributed by atoms with E-state index in [0.29, 0.717) is 19.4 Å². The molecule has 15 heavy (non-hydrogen) atoms. The van der Waals surface area contributed by atoms with Gasteiger partial charge in [0.1, 0.15) is 0 Å². The molecule has 1 rings (SSSR count). The Balaban J connectivity index is 2.09. The minimum atomic E-state index is -0.0206. The first kappa shape index (κ1) is 12.5. The summed E-state index contributed by atoms with van der Waals surface area (Å²) >= 11 is 1.75. The van der Waals surface area contributed by atoms with E-state index < -0.39 is 0 Å². The van der Waals surface area contributed by atoms with E-state index in [1.165, 1.54) is 4.90 Å². The van der Waals surface area contributed by atoms with Crippen molar-refractivity contribution in [2.45, 2.75) is 32.2 Å². The molecule has 1 fully saturated rings. The molecule has 1 aliphatic heterocycles. The molecule has 0 spiro atoms. The highest BCUT2D eigenvalue weighted by Crippen LogP contribution is 2.13. The molecule has 1 atom stereocenters. The second-order valence-electron chi connectivity index (χ2n) is 3.82. The van der Waals surface area contributed by atoms with Gasteiger partial charge >= 0.3 is 0 Å². The van der Waals surface area contributed by atoms with Crippen LogP contribution in [0.4, 0.5) is 0 Å². The number of thioether (sulfide) groups is 1. The zero-order valence-electron chi connectivity index (χ0n) is 9.07. The van der Waals surface area contributed by atoms with Crippen LogP contribution in [0.25, 0.3) is 0 Å². The van der Waals surface area contributed by atoms with Gasteiger partial charge in [0.05, 0.1) is 0 Å². The number of rotatable bonds is 6. The molecule has 5 heteroatoms. The van der Waals surface area contributed by atoms with Crippen LogP contribution in [-0.2, 0) is 9.59 Å². The minimum absolute atomic E-state index is 0.0206. The Bertz CT molecular complexity index is 228. The molecule has 0 aromatic carbocycles. The Morgan fingerprint density at radius 2 is 1.93 bits per heavy atom. The molecular weight excluding hydrogens is 212 g/mol. The van der Waals surface area contributed by atoms with Crippen molar-refractivity contribution in [2.75, 3.05) is 18.1 Å². The predicted octanol–water partition coefficient (Wildman–Crippen LogP) is 0.606. The highest BCUT2D eigenvalue weighted by Gasteiger charge is 2.27. The van der Waals surface area contributed by atoms with E-state index in [9.17, 15) is 9.59 Å². The zero-order valence-corrected chi connectivity index (χ0v) is 9.89. The lowest BCUT2D eigenvalue weighted by molar-refractivity contribution is -0.137. The average Bonchev–Trinajstić information content (AvgIpc) is 2.47. The predicted molar refractivity (Wildman–Crippen MR) is 61.5 cm³/mol. The van der Waals surface area contributed by atoms with Crippen molar-refractivity contribution >= 4 is 23.6 Å². The second kappa shape index (κ2) is 6.12. The van der Waals surface area contributed by atoms with Gasteiger partial charge in [-0.25, -0.2) is 0 Å². The first-order chi connectivity index (χ1) is 7.11. The molecule has 1 aliphatic rings. The molecule has 4 nitrogen and oxygen atoms in total. The van der Waals surface area contributed by atoms with Gasteiger partial charge in [-0.2, -0.15) is 11.8 Å². The highest BCUT2D eigenvalue weighted by molar-refractivity contribution is 7.99. The topological polar surface area (TPSA) is 63.4 Å². The fraction of sp³-hybridized carbons (Fsp3) is 0.800. The minimum Gasteiger partial charge on any atom is -0.328 e. The van der Waals surface area contributed by atoms with Crippen LogP contribution >= 0.6 is 11.8 Å². The van der Waals surface area contributed by atoms with Crippen molar-refractivity contribution in [1.29, 1.82) is 0 Å².